The van der Waals surface area contributed by atoms with Gasteiger partial charge in [0, 0.05) is 40.8 Å². The van der Waals surface area contributed by atoms with Gasteiger partial charge in [-0.15, -0.1) is 0 Å². The summed E-state index contributed by atoms with van der Waals surface area (Å²) in [5.41, 5.74) is 10.7. The number of fused-ring (bicyclic) bond motifs is 3. The number of carbonyl (C=O) groups excluding carboxylic acids is 1. The molecule has 0 saturated carbocycles. The molecule has 25 heavy (non-hydrogen) atoms. The van der Waals surface area contributed by atoms with Crippen LogP contribution in [0.3, 0.4) is 0 Å². The van der Waals surface area contributed by atoms with Crippen LogP contribution in [0, 0.1) is 0 Å². The van der Waals surface area contributed by atoms with Gasteiger partial charge in [-0.1, -0.05) is 31.2 Å². The molecule has 4 heteroatoms. The largest absolute Gasteiger partial charge is 0.366 e. The molecule has 2 aromatic heterocycles. The van der Waals surface area contributed by atoms with E-state index in [-0.39, 0.29) is 0 Å². The average Bonchev–Trinajstić information content (AvgIpc) is 2.95. The lowest BCUT2D eigenvalue weighted by molar-refractivity contribution is 0.100. The number of nitrogens with two attached hydrogens (primary N) is 1. The Morgan fingerprint density at radius 1 is 1.08 bits per heavy atom. The van der Waals surface area contributed by atoms with Crippen LogP contribution in [0.5, 0.6) is 0 Å². The van der Waals surface area contributed by atoms with Gasteiger partial charge >= 0.3 is 0 Å². The highest BCUT2D eigenvalue weighted by molar-refractivity contribution is 6.17. The number of amides is 1. The molecule has 4 aromatic rings. The fourth-order valence-electron chi connectivity index (χ4n) is 3.46. The maximum atomic E-state index is 12.0. The molecule has 124 valence electrons. The number of nitrogens with zero attached hydrogens (tertiary/aromatic N) is 2. The highest BCUT2D eigenvalue weighted by atomic mass is 16.1. The first kappa shape index (κ1) is 15.4. The second-order valence-electron chi connectivity index (χ2n) is 6.22. The van der Waals surface area contributed by atoms with E-state index >= 15 is 0 Å². The Hall–Kier alpha value is -3.14. The van der Waals surface area contributed by atoms with Crippen molar-refractivity contribution in [1.82, 2.24) is 9.55 Å². The zero-order valence-corrected chi connectivity index (χ0v) is 14.1. The first-order valence-electron chi connectivity index (χ1n) is 8.41. The molecule has 0 aliphatic heterocycles. The summed E-state index contributed by atoms with van der Waals surface area (Å²) >= 11 is 0. The van der Waals surface area contributed by atoms with Crippen molar-refractivity contribution in [2.45, 2.75) is 19.9 Å². The molecule has 0 spiro atoms. The molecule has 1 amide bonds. The maximum absolute atomic E-state index is 12.0. The van der Waals surface area contributed by atoms with E-state index in [9.17, 15) is 4.79 Å². The molecule has 4 nitrogen and oxygen atoms in total. The summed E-state index contributed by atoms with van der Waals surface area (Å²) < 4.78 is 2.24. The van der Waals surface area contributed by atoms with Crippen LogP contribution in [-0.4, -0.2) is 15.5 Å². The van der Waals surface area contributed by atoms with Crippen LogP contribution in [0.1, 0.15) is 28.4 Å². The van der Waals surface area contributed by atoms with Gasteiger partial charge in [-0.25, -0.2) is 0 Å². The van der Waals surface area contributed by atoms with Gasteiger partial charge < -0.3 is 10.3 Å². The van der Waals surface area contributed by atoms with Crippen molar-refractivity contribution in [1.29, 1.82) is 0 Å². The van der Waals surface area contributed by atoms with Crippen LogP contribution in [0.15, 0.2) is 60.9 Å². The summed E-state index contributed by atoms with van der Waals surface area (Å²) in [7, 11) is 0. The summed E-state index contributed by atoms with van der Waals surface area (Å²) in [5.74, 6) is -0.398. The number of aromatic nitrogens is 2. The quantitative estimate of drug-likeness (QED) is 0.617. The zero-order chi connectivity index (χ0) is 17.4. The summed E-state index contributed by atoms with van der Waals surface area (Å²) in [6.07, 6.45) is 4.61. The van der Waals surface area contributed by atoms with Gasteiger partial charge in [-0.3, -0.25) is 9.78 Å². The molecule has 0 bridgehead atoms. The van der Waals surface area contributed by atoms with E-state index in [1.54, 1.807) is 12.3 Å². The van der Waals surface area contributed by atoms with Gasteiger partial charge in [-0.05, 0) is 41.8 Å². The number of pyridine rings is 1. The van der Waals surface area contributed by atoms with Crippen molar-refractivity contribution in [3.05, 3.63) is 77.6 Å². The molecule has 0 fully saturated rings. The van der Waals surface area contributed by atoms with Crippen LogP contribution >= 0.6 is 0 Å². The van der Waals surface area contributed by atoms with Gasteiger partial charge in [-0.2, -0.15) is 0 Å². The summed E-state index contributed by atoms with van der Waals surface area (Å²) in [6, 6.07) is 16.2. The predicted molar refractivity (Wildman–Crippen MR) is 101 cm³/mol. The molecule has 0 saturated heterocycles. The fraction of sp³-hybridized carbons (Fsp3) is 0.143. The van der Waals surface area contributed by atoms with E-state index < -0.39 is 5.91 Å². The SMILES string of the molecule is CCc1ccc2c3c(C(N)=O)cccc3n(Cc3cccnc3)c2c1. The molecule has 0 unspecified atom stereocenters. The number of hydrogen-bond acceptors (Lipinski definition) is 2. The van der Waals surface area contributed by atoms with Gasteiger partial charge in [0.15, 0.2) is 0 Å². The number of rotatable bonds is 4. The molecule has 2 N–H and O–H groups in total. The first-order chi connectivity index (χ1) is 12.2. The molecule has 0 radical (unpaired) electrons. The topological polar surface area (TPSA) is 60.9 Å². The van der Waals surface area contributed by atoms with Crippen LogP contribution < -0.4 is 5.73 Å². The van der Waals surface area contributed by atoms with E-state index in [0.717, 1.165) is 33.8 Å². The summed E-state index contributed by atoms with van der Waals surface area (Å²) in [4.78, 5) is 16.2. The lowest BCUT2D eigenvalue weighted by atomic mass is 10.0. The lowest BCUT2D eigenvalue weighted by Crippen LogP contribution is -2.11. The number of carbonyl (C=O) groups is 1. The van der Waals surface area contributed by atoms with Crippen molar-refractivity contribution in [3.8, 4) is 0 Å². The summed E-state index contributed by atoms with van der Waals surface area (Å²) in [6.45, 7) is 2.84. The van der Waals surface area contributed by atoms with Crippen LogP contribution in [0.2, 0.25) is 0 Å². The van der Waals surface area contributed by atoms with Crippen LogP contribution in [-0.2, 0) is 13.0 Å². The van der Waals surface area contributed by atoms with Crippen LogP contribution in [0.4, 0.5) is 0 Å². The third-order valence-electron chi connectivity index (χ3n) is 4.69. The monoisotopic (exact) mass is 329 g/mol. The van der Waals surface area contributed by atoms with E-state index in [1.165, 1.54) is 5.56 Å². The van der Waals surface area contributed by atoms with Gasteiger partial charge in [0.05, 0.1) is 5.52 Å². The molecule has 0 aliphatic carbocycles. The van der Waals surface area contributed by atoms with Crippen molar-refractivity contribution in [2.75, 3.05) is 0 Å². The number of aryl methyl sites for hydroxylation is 1. The molecule has 0 atom stereocenters. The zero-order valence-electron chi connectivity index (χ0n) is 14.1. The first-order valence-corrected chi connectivity index (χ1v) is 8.41. The Balaban J connectivity index is 2.07. The van der Waals surface area contributed by atoms with Crippen molar-refractivity contribution in [3.63, 3.8) is 0 Å². The second-order valence-corrected chi connectivity index (χ2v) is 6.22. The van der Waals surface area contributed by atoms with E-state index in [0.29, 0.717) is 12.1 Å². The third kappa shape index (κ3) is 2.56. The standard InChI is InChI=1S/C21H19N3O/c1-2-14-8-9-16-19(11-14)24(13-15-5-4-10-23-12-15)18-7-3-6-17(20(16)18)21(22)25/h3-12H,2,13H2,1H3,(H2,22,25). The van der Waals surface area contributed by atoms with Crippen molar-refractivity contribution >= 4 is 27.7 Å². The Bertz CT molecular complexity index is 1080. The van der Waals surface area contributed by atoms with Gasteiger partial charge in [0.1, 0.15) is 0 Å². The molecule has 2 heterocycles. The maximum Gasteiger partial charge on any atom is 0.249 e. The molecular formula is C21H19N3O. The van der Waals surface area contributed by atoms with E-state index in [1.807, 2.05) is 24.4 Å². The smallest absolute Gasteiger partial charge is 0.249 e. The van der Waals surface area contributed by atoms with Gasteiger partial charge in [0.25, 0.3) is 0 Å². The summed E-state index contributed by atoms with van der Waals surface area (Å²) in [5, 5.41) is 1.99. The Labute approximate surface area is 145 Å². The molecular weight excluding hydrogens is 310 g/mol. The second kappa shape index (κ2) is 6.06. The minimum atomic E-state index is -0.398. The van der Waals surface area contributed by atoms with E-state index in [2.05, 4.69) is 40.7 Å². The van der Waals surface area contributed by atoms with Crippen molar-refractivity contribution < 1.29 is 4.79 Å². The highest BCUT2D eigenvalue weighted by Gasteiger charge is 2.16. The van der Waals surface area contributed by atoms with Crippen molar-refractivity contribution in [2.24, 2.45) is 5.73 Å². The average molecular weight is 329 g/mol. The van der Waals surface area contributed by atoms with E-state index in [4.69, 9.17) is 5.73 Å². The van der Waals surface area contributed by atoms with Gasteiger partial charge in [0.2, 0.25) is 5.91 Å². The Kier molecular flexibility index (Phi) is 3.73. The lowest BCUT2D eigenvalue weighted by Gasteiger charge is -2.08. The number of primary amides is 1. The fourth-order valence-corrected chi connectivity index (χ4v) is 3.46. The third-order valence-corrected chi connectivity index (χ3v) is 4.69. The highest BCUT2D eigenvalue weighted by Crippen LogP contribution is 2.33. The minimum Gasteiger partial charge on any atom is -0.366 e. The minimum absolute atomic E-state index is 0.398. The molecule has 0 aliphatic rings. The number of hydrogen-bond donors (Lipinski definition) is 1. The molecule has 4 rings (SSSR count). The normalized spacial score (nSPS) is 11.2. The predicted octanol–water partition coefficient (Wildman–Crippen LogP) is 3.90. The number of benzene rings is 2. The molecule has 2 aromatic carbocycles. The van der Waals surface area contributed by atoms with Crippen LogP contribution in [0.25, 0.3) is 21.8 Å². The Morgan fingerprint density at radius 2 is 1.96 bits per heavy atom. The Morgan fingerprint density at radius 3 is 2.68 bits per heavy atom.